The molecule has 5 nitrogen and oxygen atoms in total. The van der Waals surface area contributed by atoms with Crippen LogP contribution in [0.2, 0.25) is 0 Å². The number of carbonyl (C=O) groups excluding carboxylic acids is 1. The smallest absolute Gasteiger partial charge is 0.241 e. The van der Waals surface area contributed by atoms with E-state index < -0.39 is 0 Å². The molecular weight excluding hydrogens is 240 g/mol. The summed E-state index contributed by atoms with van der Waals surface area (Å²) in [6.07, 6.45) is 2.47. The number of rotatable bonds is 4. The summed E-state index contributed by atoms with van der Waals surface area (Å²) in [4.78, 5) is 13.8. The third-order valence-electron chi connectivity index (χ3n) is 3.31. The molecule has 0 bridgehead atoms. The number of likely N-dealkylation sites (tertiary alicyclic amines) is 1. The number of hydrogen-bond acceptors (Lipinski definition) is 4. The quantitative estimate of drug-likeness (QED) is 0.799. The highest BCUT2D eigenvalue weighted by molar-refractivity contribution is 5.81. The minimum atomic E-state index is 0.121. The molecule has 0 atom stereocenters. The Morgan fingerprint density at radius 1 is 1.42 bits per heavy atom. The molecule has 2 rings (SSSR count). The number of hydrogen-bond donors (Lipinski definition) is 2. The zero-order valence-corrected chi connectivity index (χ0v) is 10.9. The van der Waals surface area contributed by atoms with Gasteiger partial charge in [-0.05, 0) is 36.6 Å². The second-order valence-electron chi connectivity index (χ2n) is 4.69. The minimum Gasteiger partial charge on any atom is -0.398 e. The Bertz CT molecular complexity index is 501. The Hall–Kier alpha value is -2.22. The lowest BCUT2D eigenvalue weighted by molar-refractivity contribution is -0.128. The first-order valence-electron chi connectivity index (χ1n) is 6.47. The monoisotopic (exact) mass is 258 g/mol. The topological polar surface area (TPSA) is 82.2 Å². The van der Waals surface area contributed by atoms with Crippen LogP contribution in [0.4, 0.5) is 11.4 Å². The number of nitriles is 1. The summed E-state index contributed by atoms with van der Waals surface area (Å²) >= 11 is 0. The molecule has 1 amide bonds. The van der Waals surface area contributed by atoms with Crippen LogP contribution in [0.25, 0.3) is 0 Å². The molecular formula is C14H18N4O. The van der Waals surface area contributed by atoms with Gasteiger partial charge in [-0.3, -0.25) is 4.79 Å². The van der Waals surface area contributed by atoms with E-state index in [1.807, 2.05) is 17.0 Å². The van der Waals surface area contributed by atoms with Crippen molar-refractivity contribution in [1.29, 1.82) is 5.26 Å². The van der Waals surface area contributed by atoms with Crippen molar-refractivity contribution >= 4 is 17.3 Å². The summed E-state index contributed by atoms with van der Waals surface area (Å²) in [6.45, 7) is 2.01. The van der Waals surface area contributed by atoms with E-state index in [1.165, 1.54) is 0 Å². The summed E-state index contributed by atoms with van der Waals surface area (Å²) in [5, 5.41) is 11.8. The number of nitrogen functional groups attached to an aromatic ring is 1. The summed E-state index contributed by atoms with van der Waals surface area (Å²) in [5.41, 5.74) is 8.00. The number of carbonyl (C=O) groups is 1. The van der Waals surface area contributed by atoms with Gasteiger partial charge in [0.05, 0.1) is 19.0 Å². The van der Waals surface area contributed by atoms with E-state index in [0.29, 0.717) is 5.69 Å². The van der Waals surface area contributed by atoms with Crippen LogP contribution in [0.5, 0.6) is 0 Å². The molecule has 1 aliphatic heterocycles. The number of nitrogens with one attached hydrogen (secondary N) is 1. The van der Waals surface area contributed by atoms with Crippen LogP contribution in [-0.4, -0.2) is 30.4 Å². The number of amides is 1. The normalized spacial score (nSPS) is 14.2. The van der Waals surface area contributed by atoms with Gasteiger partial charge in [-0.1, -0.05) is 0 Å². The van der Waals surface area contributed by atoms with Crippen molar-refractivity contribution in [2.24, 2.45) is 0 Å². The second-order valence-corrected chi connectivity index (χ2v) is 4.69. The Kier molecular flexibility index (Phi) is 4.24. The fraction of sp³-hybridized carbons (Fsp3) is 0.429. The first-order valence-corrected chi connectivity index (χ1v) is 6.47. The van der Waals surface area contributed by atoms with Gasteiger partial charge in [0.2, 0.25) is 5.91 Å². The molecule has 0 spiro atoms. The average Bonchev–Trinajstić information content (AvgIpc) is 2.93. The Morgan fingerprint density at radius 2 is 2.16 bits per heavy atom. The van der Waals surface area contributed by atoms with Gasteiger partial charge in [-0.25, -0.2) is 0 Å². The number of nitrogens with zero attached hydrogens (tertiary/aromatic N) is 2. The van der Waals surface area contributed by atoms with E-state index in [4.69, 9.17) is 11.0 Å². The number of nitrogens with two attached hydrogens (primary N) is 1. The van der Waals surface area contributed by atoms with Crippen molar-refractivity contribution < 1.29 is 4.79 Å². The van der Waals surface area contributed by atoms with Gasteiger partial charge in [-0.2, -0.15) is 5.26 Å². The highest BCUT2D eigenvalue weighted by Gasteiger charge is 2.17. The van der Waals surface area contributed by atoms with Crippen LogP contribution in [0.1, 0.15) is 18.4 Å². The van der Waals surface area contributed by atoms with Crippen LogP contribution < -0.4 is 11.1 Å². The van der Waals surface area contributed by atoms with Crippen molar-refractivity contribution in [1.82, 2.24) is 4.90 Å². The lowest BCUT2D eigenvalue weighted by Crippen LogP contribution is -2.32. The lowest BCUT2D eigenvalue weighted by Gasteiger charge is -2.16. The highest BCUT2D eigenvalue weighted by atomic mass is 16.2. The highest BCUT2D eigenvalue weighted by Crippen LogP contribution is 2.18. The Labute approximate surface area is 113 Å². The number of anilines is 2. The molecule has 1 aliphatic rings. The molecule has 0 aliphatic carbocycles. The van der Waals surface area contributed by atoms with Gasteiger partial charge < -0.3 is 16.0 Å². The maximum atomic E-state index is 11.9. The molecule has 1 fully saturated rings. The maximum absolute atomic E-state index is 11.9. The molecule has 1 aromatic rings. The third kappa shape index (κ3) is 3.38. The Morgan fingerprint density at radius 3 is 2.84 bits per heavy atom. The van der Waals surface area contributed by atoms with E-state index in [0.717, 1.165) is 37.2 Å². The fourth-order valence-corrected chi connectivity index (χ4v) is 2.21. The first kappa shape index (κ1) is 13.2. The summed E-state index contributed by atoms with van der Waals surface area (Å²) in [5.74, 6) is 0.121. The van der Waals surface area contributed by atoms with Crippen molar-refractivity contribution in [2.75, 3.05) is 30.7 Å². The molecule has 0 unspecified atom stereocenters. The average molecular weight is 258 g/mol. The summed E-state index contributed by atoms with van der Waals surface area (Å²) in [6, 6.07) is 7.49. The first-order chi connectivity index (χ1) is 9.20. The van der Waals surface area contributed by atoms with Crippen LogP contribution in [-0.2, 0) is 11.2 Å². The molecule has 1 heterocycles. The largest absolute Gasteiger partial charge is 0.398 e. The van der Waals surface area contributed by atoms with Crippen molar-refractivity contribution in [3.05, 3.63) is 23.8 Å². The SMILES string of the molecule is N#CCc1cc(NCC(=O)N2CCCC2)ccc1N. The third-order valence-corrected chi connectivity index (χ3v) is 3.31. The molecule has 19 heavy (non-hydrogen) atoms. The predicted molar refractivity (Wildman–Crippen MR) is 74.5 cm³/mol. The van der Waals surface area contributed by atoms with Crippen molar-refractivity contribution in [3.63, 3.8) is 0 Å². The van der Waals surface area contributed by atoms with E-state index in [9.17, 15) is 4.79 Å². The minimum absolute atomic E-state index is 0.121. The molecule has 0 aromatic heterocycles. The molecule has 1 aromatic carbocycles. The van der Waals surface area contributed by atoms with Crippen LogP contribution in [0, 0.1) is 11.3 Å². The summed E-state index contributed by atoms with van der Waals surface area (Å²) < 4.78 is 0. The zero-order chi connectivity index (χ0) is 13.7. The molecule has 1 saturated heterocycles. The van der Waals surface area contributed by atoms with Crippen LogP contribution >= 0.6 is 0 Å². The standard InChI is InChI=1S/C14H18N4O/c15-6-5-11-9-12(3-4-13(11)16)17-10-14(19)18-7-1-2-8-18/h3-4,9,17H,1-2,5,7-8,10,16H2. The van der Waals surface area contributed by atoms with Gasteiger partial charge in [-0.15, -0.1) is 0 Å². The van der Waals surface area contributed by atoms with Crippen LogP contribution in [0.15, 0.2) is 18.2 Å². The van der Waals surface area contributed by atoms with Gasteiger partial charge in [0, 0.05) is 24.5 Å². The molecule has 100 valence electrons. The van der Waals surface area contributed by atoms with Gasteiger partial charge >= 0.3 is 0 Å². The van der Waals surface area contributed by atoms with E-state index in [2.05, 4.69) is 11.4 Å². The predicted octanol–water partition coefficient (Wildman–Crippen LogP) is 1.37. The van der Waals surface area contributed by atoms with Crippen LogP contribution in [0.3, 0.4) is 0 Å². The van der Waals surface area contributed by atoms with Gasteiger partial charge in [0.25, 0.3) is 0 Å². The van der Waals surface area contributed by atoms with E-state index in [-0.39, 0.29) is 18.9 Å². The molecule has 0 saturated carbocycles. The molecule has 5 heteroatoms. The van der Waals surface area contributed by atoms with Crippen molar-refractivity contribution in [2.45, 2.75) is 19.3 Å². The lowest BCUT2D eigenvalue weighted by atomic mass is 10.1. The van der Waals surface area contributed by atoms with E-state index >= 15 is 0 Å². The molecule has 3 N–H and O–H groups in total. The number of benzene rings is 1. The maximum Gasteiger partial charge on any atom is 0.241 e. The second kappa shape index (κ2) is 6.10. The molecule has 0 radical (unpaired) electrons. The Balaban J connectivity index is 1.94. The summed E-state index contributed by atoms with van der Waals surface area (Å²) in [7, 11) is 0. The van der Waals surface area contributed by atoms with E-state index in [1.54, 1.807) is 6.07 Å². The van der Waals surface area contributed by atoms with Gasteiger partial charge in [0.1, 0.15) is 0 Å². The zero-order valence-electron chi connectivity index (χ0n) is 10.9. The van der Waals surface area contributed by atoms with Gasteiger partial charge in [0.15, 0.2) is 0 Å². The van der Waals surface area contributed by atoms with Crippen molar-refractivity contribution in [3.8, 4) is 6.07 Å². The fourth-order valence-electron chi connectivity index (χ4n) is 2.21.